The second-order valence-corrected chi connectivity index (χ2v) is 4.52. The number of hydrogen-bond acceptors (Lipinski definition) is 4. The fourth-order valence-corrected chi connectivity index (χ4v) is 2.28. The van der Waals surface area contributed by atoms with Crippen LogP contribution in [-0.4, -0.2) is 25.7 Å². The van der Waals surface area contributed by atoms with E-state index in [1.54, 1.807) is 14.2 Å². The molecule has 4 heteroatoms. The molecule has 0 aliphatic carbocycles. The molecule has 1 aliphatic rings. The maximum absolute atomic E-state index is 5.44. The smallest absolute Gasteiger partial charge is 0.131 e. The zero-order chi connectivity index (χ0) is 13.9. The first-order valence-electron chi connectivity index (χ1n) is 6.44. The van der Waals surface area contributed by atoms with Crippen molar-refractivity contribution in [3.8, 4) is 11.5 Å². The highest BCUT2D eigenvalue weighted by Crippen LogP contribution is 2.32. The van der Waals surface area contributed by atoms with Crippen LogP contribution in [0.25, 0.3) is 16.5 Å². The molecule has 2 aromatic rings. The molecule has 0 amide bonds. The fraction of sp³-hybridized carbons (Fsp3) is 0.188. The number of dihydropyridines is 1. The van der Waals surface area contributed by atoms with Gasteiger partial charge in [-0.2, -0.15) is 0 Å². The van der Waals surface area contributed by atoms with E-state index in [0.29, 0.717) is 0 Å². The molecule has 0 bridgehead atoms. The lowest BCUT2D eigenvalue weighted by Gasteiger charge is -2.12. The van der Waals surface area contributed by atoms with Crippen LogP contribution in [0.1, 0.15) is 5.56 Å². The molecule has 3 rings (SSSR count). The summed E-state index contributed by atoms with van der Waals surface area (Å²) in [5.41, 5.74) is 3.11. The molecule has 0 unspecified atom stereocenters. The Morgan fingerprint density at radius 3 is 2.75 bits per heavy atom. The summed E-state index contributed by atoms with van der Waals surface area (Å²) in [6.07, 6.45) is 8.01. The molecule has 2 heterocycles. The zero-order valence-corrected chi connectivity index (χ0v) is 11.5. The third-order valence-corrected chi connectivity index (χ3v) is 3.35. The summed E-state index contributed by atoms with van der Waals surface area (Å²) in [4.78, 5) is 4.52. The zero-order valence-electron chi connectivity index (χ0n) is 11.5. The van der Waals surface area contributed by atoms with Gasteiger partial charge in [0.2, 0.25) is 0 Å². The van der Waals surface area contributed by atoms with Gasteiger partial charge in [0.1, 0.15) is 11.5 Å². The Morgan fingerprint density at radius 1 is 1.15 bits per heavy atom. The van der Waals surface area contributed by atoms with Crippen LogP contribution in [0.5, 0.6) is 11.5 Å². The Hall–Kier alpha value is -2.49. The summed E-state index contributed by atoms with van der Waals surface area (Å²) in [5, 5.41) is 4.13. The molecular weight excluding hydrogens is 252 g/mol. The molecule has 0 spiro atoms. The van der Waals surface area contributed by atoms with Crippen LogP contribution in [0.4, 0.5) is 0 Å². The Kier molecular flexibility index (Phi) is 3.29. The number of nitrogens with one attached hydrogen (secondary N) is 1. The van der Waals surface area contributed by atoms with Crippen molar-refractivity contribution in [3.05, 3.63) is 48.3 Å². The molecule has 0 atom stereocenters. The fourth-order valence-electron chi connectivity index (χ4n) is 2.28. The average molecular weight is 268 g/mol. The summed E-state index contributed by atoms with van der Waals surface area (Å²) < 4.78 is 10.7. The van der Waals surface area contributed by atoms with E-state index in [0.717, 1.165) is 40.1 Å². The van der Waals surface area contributed by atoms with Gasteiger partial charge in [0.25, 0.3) is 0 Å². The first kappa shape index (κ1) is 12.5. The lowest BCUT2D eigenvalue weighted by atomic mass is 10.0. The number of rotatable bonds is 3. The van der Waals surface area contributed by atoms with Crippen molar-refractivity contribution >= 4 is 16.5 Å². The topological polar surface area (TPSA) is 43.4 Å². The molecule has 20 heavy (non-hydrogen) atoms. The summed E-state index contributed by atoms with van der Waals surface area (Å²) in [6.45, 7) is 0.837. The highest BCUT2D eigenvalue weighted by Gasteiger charge is 2.09. The monoisotopic (exact) mass is 268 g/mol. The van der Waals surface area contributed by atoms with Gasteiger partial charge in [-0.3, -0.25) is 4.98 Å². The summed E-state index contributed by atoms with van der Waals surface area (Å²) in [6, 6.07) is 5.89. The minimum Gasteiger partial charge on any atom is -0.497 e. The normalized spacial score (nSPS) is 13.8. The number of fused-ring (bicyclic) bond motifs is 1. The average Bonchev–Trinajstić information content (AvgIpc) is 2.54. The highest BCUT2D eigenvalue weighted by molar-refractivity contribution is 5.90. The lowest BCUT2D eigenvalue weighted by molar-refractivity contribution is 0.398. The van der Waals surface area contributed by atoms with E-state index in [9.17, 15) is 0 Å². The molecular formula is C16H16N2O2. The van der Waals surface area contributed by atoms with Crippen molar-refractivity contribution < 1.29 is 9.47 Å². The van der Waals surface area contributed by atoms with E-state index < -0.39 is 0 Å². The molecule has 0 saturated heterocycles. The number of hydrogen-bond donors (Lipinski definition) is 1. The van der Waals surface area contributed by atoms with E-state index in [1.165, 1.54) is 0 Å². The number of pyridine rings is 1. The molecule has 0 fully saturated rings. The van der Waals surface area contributed by atoms with Gasteiger partial charge < -0.3 is 14.8 Å². The number of methoxy groups -OCH3 is 2. The van der Waals surface area contributed by atoms with Crippen LogP contribution in [0.15, 0.2) is 42.7 Å². The molecule has 0 saturated carbocycles. The Balaban J connectivity index is 2.15. The minimum atomic E-state index is 0.746. The molecule has 102 valence electrons. The largest absolute Gasteiger partial charge is 0.497 e. The molecule has 4 nitrogen and oxygen atoms in total. The van der Waals surface area contributed by atoms with Crippen molar-refractivity contribution in [1.82, 2.24) is 10.3 Å². The van der Waals surface area contributed by atoms with Crippen LogP contribution in [0.3, 0.4) is 0 Å². The third-order valence-electron chi connectivity index (χ3n) is 3.35. The Bertz CT molecular complexity index is 705. The van der Waals surface area contributed by atoms with Gasteiger partial charge in [0.15, 0.2) is 0 Å². The molecule has 1 aliphatic heterocycles. The predicted molar refractivity (Wildman–Crippen MR) is 80.0 cm³/mol. The van der Waals surface area contributed by atoms with Crippen LogP contribution in [0.2, 0.25) is 0 Å². The van der Waals surface area contributed by atoms with E-state index >= 15 is 0 Å². The van der Waals surface area contributed by atoms with Gasteiger partial charge in [-0.05, 0) is 23.9 Å². The third kappa shape index (κ3) is 2.20. The van der Waals surface area contributed by atoms with Gasteiger partial charge in [-0.15, -0.1) is 0 Å². The minimum absolute atomic E-state index is 0.746. The van der Waals surface area contributed by atoms with E-state index in [2.05, 4.69) is 22.4 Å². The number of benzene rings is 1. The van der Waals surface area contributed by atoms with Crippen LogP contribution in [0, 0.1) is 0 Å². The van der Waals surface area contributed by atoms with E-state index in [-0.39, 0.29) is 0 Å². The number of aromatic nitrogens is 1. The van der Waals surface area contributed by atoms with Crippen molar-refractivity contribution in [2.45, 2.75) is 0 Å². The first-order valence-corrected chi connectivity index (χ1v) is 6.44. The predicted octanol–water partition coefficient (Wildman–Crippen LogP) is 2.75. The number of allylic oxidation sites excluding steroid dienone is 2. The van der Waals surface area contributed by atoms with Crippen molar-refractivity contribution in [1.29, 1.82) is 0 Å². The lowest BCUT2D eigenvalue weighted by Crippen LogP contribution is -2.08. The van der Waals surface area contributed by atoms with Gasteiger partial charge in [0, 0.05) is 35.8 Å². The van der Waals surface area contributed by atoms with Crippen molar-refractivity contribution in [3.63, 3.8) is 0 Å². The second kappa shape index (κ2) is 5.25. The summed E-state index contributed by atoms with van der Waals surface area (Å²) in [5.74, 6) is 1.52. The van der Waals surface area contributed by atoms with Crippen molar-refractivity contribution in [2.75, 3.05) is 20.8 Å². The molecule has 1 aromatic heterocycles. The Labute approximate surface area is 117 Å². The van der Waals surface area contributed by atoms with Gasteiger partial charge in [0.05, 0.1) is 19.7 Å². The van der Waals surface area contributed by atoms with Gasteiger partial charge in [-0.1, -0.05) is 6.08 Å². The van der Waals surface area contributed by atoms with Gasteiger partial charge >= 0.3 is 0 Å². The molecule has 0 radical (unpaired) electrons. The molecule has 1 aromatic carbocycles. The standard InChI is InChI=1S/C16H16N2O2/c1-19-13-8-15-14(16(9-13)20-2)7-12(10-18-15)11-3-5-17-6-4-11/h3-5,7-10,17H,6H2,1-2H3. The molecule has 1 N–H and O–H groups in total. The van der Waals surface area contributed by atoms with E-state index in [1.807, 2.05) is 30.6 Å². The van der Waals surface area contributed by atoms with Crippen LogP contribution >= 0.6 is 0 Å². The maximum Gasteiger partial charge on any atom is 0.131 e. The number of nitrogens with zero attached hydrogens (tertiary/aromatic N) is 1. The quantitative estimate of drug-likeness (QED) is 0.929. The van der Waals surface area contributed by atoms with Crippen LogP contribution in [-0.2, 0) is 0 Å². The SMILES string of the molecule is COc1cc(OC)c2cc(C3=CCNC=C3)cnc2c1. The van der Waals surface area contributed by atoms with Gasteiger partial charge in [-0.25, -0.2) is 0 Å². The number of ether oxygens (including phenoxy) is 2. The van der Waals surface area contributed by atoms with E-state index in [4.69, 9.17) is 9.47 Å². The summed E-state index contributed by atoms with van der Waals surface area (Å²) >= 11 is 0. The first-order chi connectivity index (χ1) is 9.81. The van der Waals surface area contributed by atoms with Crippen LogP contribution < -0.4 is 14.8 Å². The Morgan fingerprint density at radius 2 is 2.05 bits per heavy atom. The summed E-state index contributed by atoms with van der Waals surface area (Å²) in [7, 11) is 3.30. The highest BCUT2D eigenvalue weighted by atomic mass is 16.5. The maximum atomic E-state index is 5.44. The van der Waals surface area contributed by atoms with Crippen molar-refractivity contribution in [2.24, 2.45) is 0 Å². The second-order valence-electron chi connectivity index (χ2n) is 4.52.